The van der Waals surface area contributed by atoms with Gasteiger partial charge in [-0.25, -0.2) is 13.9 Å². The van der Waals surface area contributed by atoms with E-state index in [1.165, 1.54) is 6.07 Å². The van der Waals surface area contributed by atoms with Crippen molar-refractivity contribution in [2.24, 2.45) is 0 Å². The molecule has 1 atom stereocenters. The van der Waals surface area contributed by atoms with E-state index >= 15 is 0 Å². The largest absolute Gasteiger partial charge is 0.507 e. The Labute approximate surface area is 196 Å². The lowest BCUT2D eigenvalue weighted by Gasteiger charge is -2.23. The van der Waals surface area contributed by atoms with Crippen LogP contribution in [0.4, 0.5) is 9.18 Å². The predicted molar refractivity (Wildman–Crippen MR) is 127 cm³/mol. The Bertz CT molecular complexity index is 1290. The Morgan fingerprint density at radius 2 is 1.71 bits per heavy atom. The zero-order valence-electron chi connectivity index (χ0n) is 18.5. The second-order valence-corrected chi connectivity index (χ2v) is 8.27. The third kappa shape index (κ3) is 4.43. The molecule has 0 saturated carbocycles. The van der Waals surface area contributed by atoms with Crippen LogP contribution in [-0.2, 0) is 11.3 Å². The number of nitrogens with zero attached hydrogens (tertiary/aromatic N) is 3. The molecule has 34 heavy (non-hydrogen) atoms. The van der Waals surface area contributed by atoms with E-state index in [1.807, 2.05) is 47.4 Å². The molecule has 172 valence electrons. The van der Waals surface area contributed by atoms with E-state index in [1.54, 1.807) is 29.1 Å². The molecule has 4 aromatic rings. The van der Waals surface area contributed by atoms with E-state index in [9.17, 15) is 9.18 Å². The van der Waals surface area contributed by atoms with Gasteiger partial charge in [-0.05, 0) is 48.2 Å². The fourth-order valence-electron chi connectivity index (χ4n) is 4.50. The lowest BCUT2D eigenvalue weighted by atomic mass is 10.0. The second kappa shape index (κ2) is 9.49. The monoisotopic (exact) mass is 457 g/mol. The van der Waals surface area contributed by atoms with Crippen molar-refractivity contribution < 1.29 is 19.0 Å². The van der Waals surface area contributed by atoms with Crippen molar-refractivity contribution in [3.63, 3.8) is 0 Å². The summed E-state index contributed by atoms with van der Waals surface area (Å²) >= 11 is 0. The SMILES string of the molecule is O=C(O)OC1CCCN1Cc1cnn(-c2ccc(-c3ccccc3)cc2)c1-c1ccccc1F. The summed E-state index contributed by atoms with van der Waals surface area (Å²) in [5.74, 6) is -0.342. The molecule has 0 bridgehead atoms. The van der Waals surface area contributed by atoms with Gasteiger partial charge in [-0.2, -0.15) is 5.10 Å². The van der Waals surface area contributed by atoms with Gasteiger partial charge >= 0.3 is 6.16 Å². The van der Waals surface area contributed by atoms with Gasteiger partial charge in [-0.15, -0.1) is 0 Å². The van der Waals surface area contributed by atoms with Gasteiger partial charge in [0.25, 0.3) is 0 Å². The number of rotatable bonds is 6. The highest BCUT2D eigenvalue weighted by atomic mass is 19.1. The molecule has 0 aliphatic carbocycles. The van der Waals surface area contributed by atoms with Crippen molar-refractivity contribution in [1.82, 2.24) is 14.7 Å². The van der Waals surface area contributed by atoms with Crippen LogP contribution in [-0.4, -0.2) is 38.7 Å². The molecular weight excluding hydrogens is 433 g/mol. The maximum absolute atomic E-state index is 14.9. The zero-order valence-corrected chi connectivity index (χ0v) is 18.5. The summed E-state index contributed by atoms with van der Waals surface area (Å²) in [6.45, 7) is 1.11. The van der Waals surface area contributed by atoms with Crippen LogP contribution in [0.15, 0.2) is 85.1 Å². The number of carboxylic acid groups (broad SMARTS) is 1. The van der Waals surface area contributed by atoms with Crippen molar-refractivity contribution in [3.8, 4) is 28.1 Å². The topological polar surface area (TPSA) is 67.6 Å². The maximum Gasteiger partial charge on any atom is 0.507 e. The second-order valence-electron chi connectivity index (χ2n) is 8.27. The molecule has 2 heterocycles. The van der Waals surface area contributed by atoms with Gasteiger partial charge < -0.3 is 9.84 Å². The van der Waals surface area contributed by atoms with E-state index < -0.39 is 12.4 Å². The summed E-state index contributed by atoms with van der Waals surface area (Å²) in [5.41, 5.74) is 4.89. The van der Waals surface area contributed by atoms with Crippen LogP contribution in [0.25, 0.3) is 28.1 Å². The lowest BCUT2D eigenvalue weighted by molar-refractivity contribution is -0.0168. The Morgan fingerprint density at radius 1 is 1.00 bits per heavy atom. The van der Waals surface area contributed by atoms with Crippen LogP contribution in [0.1, 0.15) is 18.4 Å². The minimum atomic E-state index is -1.29. The van der Waals surface area contributed by atoms with E-state index in [-0.39, 0.29) is 5.82 Å². The number of hydrogen-bond acceptors (Lipinski definition) is 4. The fourth-order valence-corrected chi connectivity index (χ4v) is 4.50. The van der Waals surface area contributed by atoms with E-state index in [4.69, 9.17) is 9.84 Å². The van der Waals surface area contributed by atoms with Crippen LogP contribution < -0.4 is 0 Å². The Hall–Kier alpha value is -3.97. The first-order chi connectivity index (χ1) is 16.6. The van der Waals surface area contributed by atoms with Gasteiger partial charge in [-0.3, -0.25) is 4.90 Å². The van der Waals surface area contributed by atoms with Crippen LogP contribution in [0, 0.1) is 5.82 Å². The molecule has 1 saturated heterocycles. The van der Waals surface area contributed by atoms with Crippen molar-refractivity contribution in [3.05, 3.63) is 96.4 Å². The molecular formula is C27H24FN3O3. The first-order valence-corrected chi connectivity index (χ1v) is 11.2. The van der Waals surface area contributed by atoms with E-state index in [2.05, 4.69) is 17.2 Å². The van der Waals surface area contributed by atoms with Gasteiger partial charge in [-0.1, -0.05) is 54.6 Å². The molecule has 6 nitrogen and oxygen atoms in total. The zero-order chi connectivity index (χ0) is 23.5. The highest BCUT2D eigenvalue weighted by molar-refractivity contribution is 5.68. The number of aromatic nitrogens is 2. The molecule has 1 fully saturated rings. The van der Waals surface area contributed by atoms with E-state index in [0.717, 1.165) is 28.8 Å². The van der Waals surface area contributed by atoms with Gasteiger partial charge in [0.15, 0.2) is 6.23 Å². The molecule has 1 unspecified atom stereocenters. The average Bonchev–Trinajstić information content (AvgIpc) is 3.47. The summed E-state index contributed by atoms with van der Waals surface area (Å²) in [7, 11) is 0. The smallest absolute Gasteiger partial charge is 0.450 e. The van der Waals surface area contributed by atoms with Crippen molar-refractivity contribution >= 4 is 6.16 Å². The summed E-state index contributed by atoms with van der Waals surface area (Å²) in [5, 5.41) is 13.7. The molecule has 1 aliphatic heterocycles. The highest BCUT2D eigenvalue weighted by Crippen LogP contribution is 2.32. The first kappa shape index (κ1) is 21.9. The quantitative estimate of drug-likeness (QED) is 0.362. The van der Waals surface area contributed by atoms with Gasteiger partial charge in [0, 0.05) is 24.2 Å². The van der Waals surface area contributed by atoms with Crippen LogP contribution in [0.2, 0.25) is 0 Å². The molecule has 0 amide bonds. The summed E-state index contributed by atoms with van der Waals surface area (Å²) in [6, 6.07) is 24.7. The highest BCUT2D eigenvalue weighted by Gasteiger charge is 2.29. The van der Waals surface area contributed by atoms with Gasteiger partial charge in [0.2, 0.25) is 0 Å². The third-order valence-electron chi connectivity index (χ3n) is 6.11. The minimum absolute atomic E-state index is 0.342. The molecule has 0 spiro atoms. The average molecular weight is 458 g/mol. The Morgan fingerprint density at radius 3 is 2.44 bits per heavy atom. The number of ether oxygens (including phenoxy) is 1. The summed E-state index contributed by atoms with van der Waals surface area (Å²) in [4.78, 5) is 13.0. The van der Waals surface area contributed by atoms with Crippen LogP contribution in [0.3, 0.4) is 0 Å². The van der Waals surface area contributed by atoms with Crippen molar-refractivity contribution in [2.75, 3.05) is 6.54 Å². The summed E-state index contributed by atoms with van der Waals surface area (Å²) < 4.78 is 21.7. The Balaban J connectivity index is 1.53. The number of halogens is 1. The standard InChI is InChI=1S/C27H24FN3O3/c28-24-10-5-4-9-23(24)26-21(18-30-16-6-11-25(30)34-27(32)33)17-29-31(26)22-14-12-20(13-15-22)19-7-2-1-3-8-19/h1-5,7-10,12-15,17,25H,6,11,16,18H2,(H,32,33). The molecule has 1 aliphatic rings. The number of carbonyl (C=O) groups is 1. The van der Waals surface area contributed by atoms with Gasteiger partial charge in [0.1, 0.15) is 5.82 Å². The molecule has 7 heteroatoms. The van der Waals surface area contributed by atoms with Crippen molar-refractivity contribution in [1.29, 1.82) is 0 Å². The fraction of sp³-hybridized carbons (Fsp3) is 0.185. The molecule has 1 aromatic heterocycles. The molecule has 5 rings (SSSR count). The molecule has 3 aromatic carbocycles. The third-order valence-corrected chi connectivity index (χ3v) is 6.11. The normalized spacial score (nSPS) is 16.0. The first-order valence-electron chi connectivity index (χ1n) is 11.2. The van der Waals surface area contributed by atoms with Crippen LogP contribution >= 0.6 is 0 Å². The number of benzene rings is 3. The lowest BCUT2D eigenvalue weighted by Crippen LogP contribution is -2.32. The number of likely N-dealkylation sites (tertiary alicyclic amines) is 1. The Kier molecular flexibility index (Phi) is 6.10. The predicted octanol–water partition coefficient (Wildman–Crippen LogP) is 5.96. The van der Waals surface area contributed by atoms with Gasteiger partial charge in [0.05, 0.1) is 17.6 Å². The van der Waals surface area contributed by atoms with Crippen LogP contribution in [0.5, 0.6) is 0 Å². The number of hydrogen-bond donors (Lipinski definition) is 1. The molecule has 0 radical (unpaired) electrons. The minimum Gasteiger partial charge on any atom is -0.450 e. The maximum atomic E-state index is 14.9. The molecule has 1 N–H and O–H groups in total. The van der Waals surface area contributed by atoms with E-state index in [0.29, 0.717) is 30.8 Å². The van der Waals surface area contributed by atoms with Crippen molar-refractivity contribution in [2.45, 2.75) is 25.6 Å². The summed E-state index contributed by atoms with van der Waals surface area (Å²) in [6.07, 6.45) is 1.39.